The predicted molar refractivity (Wildman–Crippen MR) is 92.5 cm³/mol. The van der Waals surface area contributed by atoms with Gasteiger partial charge in [-0.15, -0.1) is 0 Å². The number of hydrogen-bond donors (Lipinski definition) is 1. The highest BCUT2D eigenvalue weighted by Gasteiger charge is 2.05. The van der Waals surface area contributed by atoms with E-state index in [1.165, 1.54) is 5.56 Å². The van der Waals surface area contributed by atoms with Crippen molar-refractivity contribution in [3.8, 4) is 0 Å². The van der Waals surface area contributed by atoms with E-state index in [4.69, 9.17) is 0 Å². The van der Waals surface area contributed by atoms with E-state index >= 15 is 0 Å². The Morgan fingerprint density at radius 3 is 2.52 bits per heavy atom. The van der Waals surface area contributed by atoms with E-state index in [2.05, 4.69) is 22.4 Å². The number of rotatable bonds is 5. The average Bonchev–Trinajstić information content (AvgIpc) is 2.58. The van der Waals surface area contributed by atoms with Gasteiger partial charge in [-0.1, -0.05) is 36.4 Å². The van der Waals surface area contributed by atoms with Gasteiger partial charge in [0.1, 0.15) is 0 Å². The summed E-state index contributed by atoms with van der Waals surface area (Å²) in [6, 6.07) is 19.5. The Bertz CT molecular complexity index is 826. The normalized spacial score (nSPS) is 10.5. The van der Waals surface area contributed by atoms with Crippen LogP contribution in [0.3, 0.4) is 0 Å². The van der Waals surface area contributed by atoms with Crippen LogP contribution in [0.25, 0.3) is 0 Å². The molecule has 0 fully saturated rings. The molecule has 3 aromatic rings. The van der Waals surface area contributed by atoms with Gasteiger partial charge in [0.2, 0.25) is 0 Å². The molecule has 116 valence electrons. The Morgan fingerprint density at radius 2 is 1.83 bits per heavy atom. The highest BCUT2D eigenvalue weighted by atomic mass is 16.1. The third-order valence-corrected chi connectivity index (χ3v) is 3.72. The van der Waals surface area contributed by atoms with E-state index in [9.17, 15) is 4.79 Å². The molecule has 0 radical (unpaired) electrons. The van der Waals surface area contributed by atoms with Gasteiger partial charge in [-0.25, -0.2) is 0 Å². The maximum absolute atomic E-state index is 12.4. The zero-order valence-corrected chi connectivity index (χ0v) is 13.1. The van der Waals surface area contributed by atoms with Crippen LogP contribution in [-0.2, 0) is 13.1 Å². The quantitative estimate of drug-likeness (QED) is 0.787. The summed E-state index contributed by atoms with van der Waals surface area (Å²) in [7, 11) is 0. The zero-order valence-electron chi connectivity index (χ0n) is 13.1. The number of anilines is 1. The number of pyridine rings is 2. The fraction of sp³-hybridized carbons (Fsp3) is 0.158. The lowest BCUT2D eigenvalue weighted by Crippen LogP contribution is -2.23. The first-order valence-electron chi connectivity index (χ1n) is 7.61. The fourth-order valence-electron chi connectivity index (χ4n) is 2.49. The number of nitrogens with one attached hydrogen (secondary N) is 1. The second-order valence-electron chi connectivity index (χ2n) is 5.47. The molecule has 0 unspecified atom stereocenters. The van der Waals surface area contributed by atoms with Crippen LogP contribution in [0, 0.1) is 6.92 Å². The van der Waals surface area contributed by atoms with Crippen molar-refractivity contribution in [2.75, 3.05) is 5.32 Å². The summed E-state index contributed by atoms with van der Waals surface area (Å²) in [6.07, 6.45) is 1.74. The minimum Gasteiger partial charge on any atom is -0.381 e. The Balaban J connectivity index is 1.76. The molecule has 0 bridgehead atoms. The van der Waals surface area contributed by atoms with Crippen LogP contribution in [0.4, 0.5) is 5.69 Å². The molecule has 0 saturated carbocycles. The van der Waals surface area contributed by atoms with Crippen molar-refractivity contribution >= 4 is 5.69 Å². The minimum atomic E-state index is -0.0220. The number of aryl methyl sites for hydroxylation is 1. The maximum Gasteiger partial charge on any atom is 0.253 e. The Morgan fingerprint density at radius 1 is 1.04 bits per heavy atom. The first-order chi connectivity index (χ1) is 11.2. The molecule has 0 aliphatic carbocycles. The third kappa shape index (κ3) is 3.86. The predicted octanol–water partition coefficient (Wildman–Crippen LogP) is 3.21. The second-order valence-corrected chi connectivity index (χ2v) is 5.47. The standard InChI is InChI=1S/C19H19N3O/c1-15-11-18(21-13-16-7-3-2-4-8-16)12-19(23)22(15)14-17-9-5-6-10-20-17/h2-12,21H,13-14H2,1H3. The number of hydrogen-bond acceptors (Lipinski definition) is 3. The summed E-state index contributed by atoms with van der Waals surface area (Å²) in [5.74, 6) is 0. The molecule has 0 saturated heterocycles. The molecule has 0 atom stereocenters. The first kappa shape index (κ1) is 15.0. The van der Waals surface area contributed by atoms with Gasteiger partial charge in [-0.3, -0.25) is 9.78 Å². The largest absolute Gasteiger partial charge is 0.381 e. The average molecular weight is 305 g/mol. The molecule has 1 N–H and O–H groups in total. The Labute approximate surface area is 135 Å². The summed E-state index contributed by atoms with van der Waals surface area (Å²) >= 11 is 0. The molecule has 23 heavy (non-hydrogen) atoms. The van der Waals surface area contributed by atoms with Gasteiger partial charge < -0.3 is 9.88 Å². The summed E-state index contributed by atoms with van der Waals surface area (Å²) in [4.78, 5) is 16.7. The zero-order chi connectivity index (χ0) is 16.1. The van der Waals surface area contributed by atoms with Crippen molar-refractivity contribution in [3.63, 3.8) is 0 Å². The van der Waals surface area contributed by atoms with E-state index in [0.717, 1.165) is 17.1 Å². The summed E-state index contributed by atoms with van der Waals surface area (Å²) in [6.45, 7) is 3.13. The lowest BCUT2D eigenvalue weighted by Gasteiger charge is -2.12. The van der Waals surface area contributed by atoms with Gasteiger partial charge >= 0.3 is 0 Å². The SMILES string of the molecule is Cc1cc(NCc2ccccc2)cc(=O)n1Cc1ccccn1. The number of aromatic nitrogens is 2. The van der Waals surface area contributed by atoms with Crippen molar-refractivity contribution in [2.45, 2.75) is 20.0 Å². The van der Waals surface area contributed by atoms with Gasteiger partial charge in [0.25, 0.3) is 5.56 Å². The summed E-state index contributed by atoms with van der Waals surface area (Å²) in [5.41, 5.74) is 3.80. The van der Waals surface area contributed by atoms with Crippen molar-refractivity contribution in [2.24, 2.45) is 0 Å². The molecule has 4 nitrogen and oxygen atoms in total. The molecule has 0 aliphatic rings. The fourth-order valence-corrected chi connectivity index (χ4v) is 2.49. The Kier molecular flexibility index (Phi) is 4.52. The van der Waals surface area contributed by atoms with Crippen LogP contribution in [-0.4, -0.2) is 9.55 Å². The van der Waals surface area contributed by atoms with Gasteiger partial charge in [0.15, 0.2) is 0 Å². The smallest absolute Gasteiger partial charge is 0.253 e. The topological polar surface area (TPSA) is 46.9 Å². The van der Waals surface area contributed by atoms with Crippen molar-refractivity contribution in [1.82, 2.24) is 9.55 Å². The van der Waals surface area contributed by atoms with E-state index < -0.39 is 0 Å². The molecule has 1 aromatic carbocycles. The molecule has 0 aliphatic heterocycles. The van der Waals surface area contributed by atoms with Crippen molar-refractivity contribution in [1.29, 1.82) is 0 Å². The monoisotopic (exact) mass is 305 g/mol. The maximum atomic E-state index is 12.4. The van der Waals surface area contributed by atoms with E-state index in [-0.39, 0.29) is 5.56 Å². The molecule has 2 heterocycles. The van der Waals surface area contributed by atoms with Gasteiger partial charge in [0.05, 0.1) is 12.2 Å². The second kappa shape index (κ2) is 6.92. The lowest BCUT2D eigenvalue weighted by molar-refractivity contribution is 0.713. The summed E-state index contributed by atoms with van der Waals surface area (Å²) in [5, 5.41) is 3.30. The van der Waals surface area contributed by atoms with Crippen LogP contribution in [0.2, 0.25) is 0 Å². The molecular weight excluding hydrogens is 286 g/mol. The highest BCUT2D eigenvalue weighted by molar-refractivity contribution is 5.44. The van der Waals surface area contributed by atoms with Crippen LogP contribution >= 0.6 is 0 Å². The minimum absolute atomic E-state index is 0.0220. The van der Waals surface area contributed by atoms with Crippen LogP contribution in [0.5, 0.6) is 0 Å². The molecular formula is C19H19N3O. The molecule has 0 spiro atoms. The molecule has 0 amide bonds. The van der Waals surface area contributed by atoms with Gasteiger partial charge in [-0.2, -0.15) is 0 Å². The van der Waals surface area contributed by atoms with E-state index in [1.807, 2.05) is 49.4 Å². The van der Waals surface area contributed by atoms with Gasteiger partial charge in [-0.05, 0) is 30.7 Å². The van der Waals surface area contributed by atoms with Crippen molar-refractivity contribution in [3.05, 3.63) is 94.2 Å². The number of benzene rings is 1. The third-order valence-electron chi connectivity index (χ3n) is 3.72. The highest BCUT2D eigenvalue weighted by Crippen LogP contribution is 2.10. The lowest BCUT2D eigenvalue weighted by atomic mass is 10.2. The molecule has 2 aromatic heterocycles. The van der Waals surface area contributed by atoms with Crippen LogP contribution < -0.4 is 10.9 Å². The van der Waals surface area contributed by atoms with E-state index in [1.54, 1.807) is 16.8 Å². The van der Waals surface area contributed by atoms with Crippen LogP contribution in [0.15, 0.2) is 71.7 Å². The summed E-state index contributed by atoms with van der Waals surface area (Å²) < 4.78 is 1.73. The van der Waals surface area contributed by atoms with Crippen molar-refractivity contribution < 1.29 is 0 Å². The molecule has 3 rings (SSSR count). The first-order valence-corrected chi connectivity index (χ1v) is 7.61. The molecule has 4 heteroatoms. The Hall–Kier alpha value is -2.88. The van der Waals surface area contributed by atoms with Crippen LogP contribution in [0.1, 0.15) is 17.0 Å². The van der Waals surface area contributed by atoms with E-state index in [0.29, 0.717) is 13.1 Å². The number of nitrogens with zero attached hydrogens (tertiary/aromatic N) is 2. The van der Waals surface area contributed by atoms with Gasteiger partial charge in [0, 0.05) is 30.2 Å².